The molecule has 104 valence electrons. The summed E-state index contributed by atoms with van der Waals surface area (Å²) >= 11 is 0. The first-order valence-electron chi connectivity index (χ1n) is 6.98. The van der Waals surface area contributed by atoms with Gasteiger partial charge in [-0.15, -0.1) is 0 Å². The highest BCUT2D eigenvalue weighted by Gasteiger charge is 2.47. The van der Waals surface area contributed by atoms with Crippen LogP contribution in [-0.4, -0.2) is 13.0 Å². The molecule has 0 saturated carbocycles. The molecule has 3 heteroatoms. The van der Waals surface area contributed by atoms with Crippen molar-refractivity contribution in [3.05, 3.63) is 65.9 Å². The summed E-state index contributed by atoms with van der Waals surface area (Å²) in [6.07, 6.45) is 1.67. The maximum atomic E-state index is 12.9. The van der Waals surface area contributed by atoms with E-state index in [0.717, 1.165) is 27.8 Å². The van der Waals surface area contributed by atoms with Crippen molar-refractivity contribution in [1.29, 1.82) is 0 Å². The minimum atomic E-state index is -0.642. The van der Waals surface area contributed by atoms with E-state index in [1.54, 1.807) is 11.2 Å². The van der Waals surface area contributed by atoms with Crippen molar-refractivity contribution in [1.82, 2.24) is 0 Å². The number of anilines is 1. The molecule has 1 aromatic heterocycles. The minimum Gasteiger partial charge on any atom is -0.464 e. The maximum Gasteiger partial charge on any atom is 0.241 e. The smallest absolute Gasteiger partial charge is 0.241 e. The summed E-state index contributed by atoms with van der Waals surface area (Å²) < 4.78 is 5.39. The van der Waals surface area contributed by atoms with Crippen molar-refractivity contribution in [2.75, 3.05) is 11.9 Å². The molecule has 3 nitrogen and oxygen atoms in total. The summed E-state index contributed by atoms with van der Waals surface area (Å²) in [5.41, 5.74) is 3.24. The standard InChI is InChI=1S/C18H15NO2/c1-18(13-7-8-16-12(11-13)9-10-21-16)14-5-3-4-6-15(14)19(2)17(18)20/h3-11H,1-2H3. The van der Waals surface area contributed by atoms with E-state index in [-0.39, 0.29) is 5.91 Å². The Morgan fingerprint density at radius 1 is 1.10 bits per heavy atom. The fourth-order valence-electron chi connectivity index (χ4n) is 3.31. The van der Waals surface area contributed by atoms with Crippen LogP contribution in [-0.2, 0) is 10.2 Å². The Hall–Kier alpha value is -2.55. The SMILES string of the molecule is CN1C(=O)C(C)(c2ccc3occc3c2)c2ccccc21. The zero-order chi connectivity index (χ0) is 14.6. The van der Waals surface area contributed by atoms with Gasteiger partial charge in [-0.05, 0) is 42.3 Å². The van der Waals surface area contributed by atoms with Gasteiger partial charge in [-0.3, -0.25) is 4.79 Å². The van der Waals surface area contributed by atoms with Gasteiger partial charge in [0, 0.05) is 18.1 Å². The van der Waals surface area contributed by atoms with Crippen LogP contribution < -0.4 is 4.90 Å². The number of likely N-dealkylation sites (N-methyl/N-ethyl adjacent to an activating group) is 1. The Morgan fingerprint density at radius 3 is 2.76 bits per heavy atom. The molecule has 0 N–H and O–H groups in total. The lowest BCUT2D eigenvalue weighted by atomic mass is 9.77. The molecule has 2 heterocycles. The number of carbonyl (C=O) groups is 1. The third-order valence-electron chi connectivity index (χ3n) is 4.57. The number of rotatable bonds is 1. The van der Waals surface area contributed by atoms with Crippen molar-refractivity contribution in [2.24, 2.45) is 0 Å². The highest BCUT2D eigenvalue weighted by atomic mass is 16.3. The first-order valence-corrected chi connectivity index (χ1v) is 6.98. The van der Waals surface area contributed by atoms with Gasteiger partial charge < -0.3 is 9.32 Å². The Kier molecular flexibility index (Phi) is 2.31. The van der Waals surface area contributed by atoms with Gasteiger partial charge >= 0.3 is 0 Å². The molecule has 0 spiro atoms. The van der Waals surface area contributed by atoms with E-state index < -0.39 is 5.41 Å². The van der Waals surface area contributed by atoms with E-state index in [4.69, 9.17) is 4.42 Å². The monoisotopic (exact) mass is 277 g/mol. The molecular weight excluding hydrogens is 262 g/mol. The van der Waals surface area contributed by atoms with Crippen LogP contribution in [0.2, 0.25) is 0 Å². The van der Waals surface area contributed by atoms with Gasteiger partial charge in [0.15, 0.2) is 0 Å². The normalized spacial score (nSPS) is 21.0. The van der Waals surface area contributed by atoms with E-state index >= 15 is 0 Å². The third kappa shape index (κ3) is 1.46. The molecule has 0 saturated heterocycles. The molecule has 1 atom stereocenters. The summed E-state index contributed by atoms with van der Waals surface area (Å²) in [7, 11) is 1.84. The lowest BCUT2D eigenvalue weighted by Gasteiger charge is -2.24. The third-order valence-corrected chi connectivity index (χ3v) is 4.57. The summed E-state index contributed by atoms with van der Waals surface area (Å²) in [6.45, 7) is 2.00. The molecule has 3 aromatic rings. The molecular formula is C18H15NO2. The number of nitrogens with zero attached hydrogens (tertiary/aromatic N) is 1. The highest BCUT2D eigenvalue weighted by molar-refractivity contribution is 6.10. The van der Waals surface area contributed by atoms with Crippen LogP contribution in [0.3, 0.4) is 0 Å². The fraction of sp³-hybridized carbons (Fsp3) is 0.167. The summed E-state index contributed by atoms with van der Waals surface area (Å²) in [5.74, 6) is 0.103. The van der Waals surface area contributed by atoms with Crippen LogP contribution in [0.25, 0.3) is 11.0 Å². The fourth-order valence-corrected chi connectivity index (χ4v) is 3.31. The first-order chi connectivity index (χ1) is 10.1. The quantitative estimate of drug-likeness (QED) is 0.679. The van der Waals surface area contributed by atoms with Crippen molar-refractivity contribution in [3.63, 3.8) is 0 Å². The van der Waals surface area contributed by atoms with Gasteiger partial charge in [0.05, 0.1) is 11.7 Å². The van der Waals surface area contributed by atoms with Crippen LogP contribution in [0.15, 0.2) is 59.2 Å². The molecule has 0 aliphatic carbocycles. The van der Waals surface area contributed by atoms with Gasteiger partial charge in [0.1, 0.15) is 5.58 Å². The summed E-state index contributed by atoms with van der Waals surface area (Å²) in [6, 6.07) is 15.9. The van der Waals surface area contributed by atoms with Crippen molar-refractivity contribution in [3.8, 4) is 0 Å². The Balaban J connectivity index is 1.99. The van der Waals surface area contributed by atoms with Crippen LogP contribution in [0.1, 0.15) is 18.1 Å². The molecule has 0 fully saturated rings. The molecule has 0 bridgehead atoms. The van der Waals surface area contributed by atoms with Crippen molar-refractivity contribution < 1.29 is 9.21 Å². The molecule has 1 unspecified atom stereocenters. The Labute approximate surface area is 122 Å². The molecule has 2 aromatic carbocycles. The number of carbonyl (C=O) groups excluding carboxylic acids is 1. The molecule has 0 radical (unpaired) electrons. The number of furan rings is 1. The molecule has 21 heavy (non-hydrogen) atoms. The second-order valence-corrected chi connectivity index (χ2v) is 5.68. The number of para-hydroxylation sites is 1. The minimum absolute atomic E-state index is 0.103. The zero-order valence-electron chi connectivity index (χ0n) is 12.0. The average molecular weight is 277 g/mol. The van der Waals surface area contributed by atoms with Gasteiger partial charge in [-0.2, -0.15) is 0 Å². The molecule has 1 aliphatic rings. The lowest BCUT2D eigenvalue weighted by molar-refractivity contribution is -0.121. The number of hydrogen-bond acceptors (Lipinski definition) is 2. The Bertz CT molecular complexity index is 864. The predicted molar refractivity (Wildman–Crippen MR) is 82.5 cm³/mol. The molecule has 4 rings (SSSR count). The van der Waals surface area contributed by atoms with Crippen molar-refractivity contribution >= 4 is 22.6 Å². The van der Waals surface area contributed by atoms with Crippen LogP contribution >= 0.6 is 0 Å². The largest absolute Gasteiger partial charge is 0.464 e. The van der Waals surface area contributed by atoms with Gasteiger partial charge in [-0.1, -0.05) is 24.3 Å². The molecule has 1 aliphatic heterocycles. The van der Waals surface area contributed by atoms with Crippen molar-refractivity contribution in [2.45, 2.75) is 12.3 Å². The van der Waals surface area contributed by atoms with Gasteiger partial charge in [0.2, 0.25) is 5.91 Å². The van der Waals surface area contributed by atoms with E-state index in [0.29, 0.717) is 0 Å². The van der Waals surface area contributed by atoms with Crippen LogP contribution in [0.5, 0.6) is 0 Å². The zero-order valence-corrected chi connectivity index (χ0v) is 12.0. The number of fused-ring (bicyclic) bond motifs is 2. The van der Waals surface area contributed by atoms with E-state index in [1.165, 1.54) is 0 Å². The lowest BCUT2D eigenvalue weighted by Crippen LogP contribution is -2.36. The maximum absolute atomic E-state index is 12.9. The number of benzene rings is 2. The van der Waals surface area contributed by atoms with E-state index in [2.05, 4.69) is 0 Å². The van der Waals surface area contributed by atoms with Crippen LogP contribution in [0.4, 0.5) is 5.69 Å². The first kappa shape index (κ1) is 12.2. The highest BCUT2D eigenvalue weighted by Crippen LogP contribution is 2.45. The number of hydrogen-bond donors (Lipinski definition) is 0. The van der Waals surface area contributed by atoms with E-state index in [9.17, 15) is 4.79 Å². The van der Waals surface area contributed by atoms with E-state index in [1.807, 2.05) is 62.5 Å². The topological polar surface area (TPSA) is 33.5 Å². The second-order valence-electron chi connectivity index (χ2n) is 5.68. The molecule has 1 amide bonds. The summed E-state index contributed by atoms with van der Waals surface area (Å²) in [4.78, 5) is 14.6. The average Bonchev–Trinajstić information content (AvgIpc) is 3.06. The van der Waals surface area contributed by atoms with Crippen LogP contribution in [0, 0.1) is 0 Å². The predicted octanol–water partition coefficient (Wildman–Crippen LogP) is 3.72. The Morgan fingerprint density at radius 2 is 1.90 bits per heavy atom. The van der Waals surface area contributed by atoms with Gasteiger partial charge in [-0.25, -0.2) is 0 Å². The number of amides is 1. The second kappa shape index (κ2) is 3.98. The van der Waals surface area contributed by atoms with Gasteiger partial charge in [0.25, 0.3) is 0 Å². The summed E-state index contributed by atoms with van der Waals surface area (Å²) in [5, 5.41) is 1.02.